The molecule has 5 heteroatoms. The maximum absolute atomic E-state index is 12.1. The molecule has 26 heavy (non-hydrogen) atoms. The first-order valence-electron chi connectivity index (χ1n) is 9.23. The molecule has 2 N–H and O–H groups in total. The van der Waals surface area contributed by atoms with E-state index in [0.717, 1.165) is 25.9 Å². The minimum absolute atomic E-state index is 0.0352. The van der Waals surface area contributed by atoms with Gasteiger partial charge in [-0.15, -0.1) is 0 Å². The van der Waals surface area contributed by atoms with Crippen LogP contribution in [0.2, 0.25) is 0 Å². The van der Waals surface area contributed by atoms with Crippen LogP contribution >= 0.6 is 0 Å². The lowest BCUT2D eigenvalue weighted by atomic mass is 9.94. The summed E-state index contributed by atoms with van der Waals surface area (Å²) in [5.74, 6) is 1.05. The van der Waals surface area contributed by atoms with Crippen LogP contribution in [0.1, 0.15) is 34.3 Å². The predicted molar refractivity (Wildman–Crippen MR) is 98.1 cm³/mol. The normalized spacial score (nSPS) is 25.8. The summed E-state index contributed by atoms with van der Waals surface area (Å²) in [6, 6.07) is 11.7. The number of carbonyl (C=O) groups excluding carboxylic acids is 1. The Labute approximate surface area is 153 Å². The third kappa shape index (κ3) is 3.79. The summed E-state index contributed by atoms with van der Waals surface area (Å²) in [5, 5.41) is 18.7. The van der Waals surface area contributed by atoms with Gasteiger partial charge in [0.2, 0.25) is 5.88 Å². The van der Waals surface area contributed by atoms with E-state index in [1.165, 1.54) is 29.8 Å². The maximum atomic E-state index is 12.1. The molecule has 1 aromatic heterocycles. The van der Waals surface area contributed by atoms with E-state index >= 15 is 0 Å². The van der Waals surface area contributed by atoms with E-state index < -0.39 is 0 Å². The van der Waals surface area contributed by atoms with Crippen molar-refractivity contribution in [1.29, 1.82) is 0 Å². The van der Waals surface area contributed by atoms with Gasteiger partial charge in [0.15, 0.2) is 5.78 Å². The number of pyridine rings is 1. The first-order chi connectivity index (χ1) is 12.6. The zero-order valence-corrected chi connectivity index (χ0v) is 14.7. The molecule has 6 rings (SSSR count). The molecule has 1 aromatic carbocycles. The Morgan fingerprint density at radius 2 is 1.77 bits per heavy atom. The predicted octanol–water partition coefficient (Wildman–Crippen LogP) is 2.26. The molecule has 1 unspecified atom stereocenters. The molecular weight excluding hydrogens is 328 g/mol. The monoisotopic (exact) mass is 352 g/mol. The number of hydrogen-bond donors (Lipinski definition) is 2. The standard InChI is InChI=1S/C14H18N2O3.C7H6/c17-12-3-10-6-16(7-11(10)4-12)8-13(18)9-1-2-14(19)15-5-9;1-2-6-4-7(3-1)5-6/h1-2,5,10-12,17H,3-4,6-8H2,(H,15,19);1-4H,5H2/t10-,11+,12?;. The highest BCUT2D eigenvalue weighted by Gasteiger charge is 2.40. The Kier molecular flexibility index (Phi) is 4.74. The molecule has 136 valence electrons. The molecule has 5 nitrogen and oxygen atoms in total. The molecule has 2 aromatic rings. The van der Waals surface area contributed by atoms with E-state index in [9.17, 15) is 9.90 Å². The number of likely N-dealkylation sites (tertiary alicyclic amines) is 1. The first-order valence-corrected chi connectivity index (χ1v) is 9.23. The van der Waals surface area contributed by atoms with Gasteiger partial charge in [0.1, 0.15) is 0 Å². The highest BCUT2D eigenvalue weighted by Crippen LogP contribution is 2.37. The van der Waals surface area contributed by atoms with E-state index in [1.54, 1.807) is 6.07 Å². The number of fused-ring (bicyclic) bond motifs is 3. The van der Waals surface area contributed by atoms with Crippen molar-refractivity contribution in [2.75, 3.05) is 19.6 Å². The van der Waals surface area contributed by atoms with Crippen molar-refractivity contribution in [3.05, 3.63) is 59.3 Å². The maximum Gasteiger partial charge on any atom is 0.210 e. The highest BCUT2D eigenvalue weighted by molar-refractivity contribution is 5.97. The molecule has 2 fully saturated rings. The number of aromatic nitrogens is 1. The van der Waals surface area contributed by atoms with Crippen LogP contribution in [0.5, 0.6) is 5.88 Å². The van der Waals surface area contributed by atoms with Crippen LogP contribution in [0.25, 0.3) is 0 Å². The van der Waals surface area contributed by atoms with Crippen molar-refractivity contribution in [1.82, 2.24) is 9.88 Å². The minimum atomic E-state index is -0.144. The third-order valence-corrected chi connectivity index (χ3v) is 5.64. The number of aliphatic hydroxyl groups excluding tert-OH is 1. The van der Waals surface area contributed by atoms with Crippen molar-refractivity contribution in [2.24, 2.45) is 11.8 Å². The summed E-state index contributed by atoms with van der Waals surface area (Å²) >= 11 is 0. The van der Waals surface area contributed by atoms with Gasteiger partial charge in [-0.25, -0.2) is 4.98 Å². The van der Waals surface area contributed by atoms with Crippen molar-refractivity contribution in [3.8, 4) is 5.88 Å². The Hall–Kier alpha value is -2.24. The van der Waals surface area contributed by atoms with Gasteiger partial charge in [-0.1, -0.05) is 24.3 Å². The smallest absolute Gasteiger partial charge is 0.210 e. The molecule has 0 radical (unpaired) electrons. The van der Waals surface area contributed by atoms with E-state index in [4.69, 9.17) is 5.11 Å². The first kappa shape index (κ1) is 17.2. The molecule has 2 heterocycles. The van der Waals surface area contributed by atoms with Gasteiger partial charge >= 0.3 is 0 Å². The van der Waals surface area contributed by atoms with Crippen LogP contribution in [0.4, 0.5) is 0 Å². The van der Waals surface area contributed by atoms with Crippen LogP contribution in [0.15, 0.2) is 42.6 Å². The second-order valence-electron chi connectivity index (χ2n) is 7.66. The van der Waals surface area contributed by atoms with Crippen LogP contribution in [-0.4, -0.2) is 51.6 Å². The van der Waals surface area contributed by atoms with Gasteiger partial charge < -0.3 is 10.2 Å². The van der Waals surface area contributed by atoms with E-state index in [-0.39, 0.29) is 17.8 Å². The SMILES string of the molecule is O=C(CN1C[C@H]2CC(O)C[C@H]2C1)c1ccc(O)nc1.c1cc2cc(c1)C2. The molecule has 0 spiro atoms. The van der Waals surface area contributed by atoms with Crippen molar-refractivity contribution in [3.63, 3.8) is 0 Å². The molecule has 2 bridgehead atoms. The fourth-order valence-corrected chi connectivity index (χ4v) is 4.29. The molecule has 1 saturated carbocycles. The van der Waals surface area contributed by atoms with Crippen LogP contribution in [0, 0.1) is 11.8 Å². The van der Waals surface area contributed by atoms with Crippen molar-refractivity contribution >= 4 is 5.78 Å². The third-order valence-electron chi connectivity index (χ3n) is 5.64. The Bertz CT molecular complexity index is 751. The topological polar surface area (TPSA) is 73.7 Å². The molecule has 3 aliphatic carbocycles. The second-order valence-corrected chi connectivity index (χ2v) is 7.66. The lowest BCUT2D eigenvalue weighted by Crippen LogP contribution is -2.29. The molecule has 1 aliphatic heterocycles. The van der Waals surface area contributed by atoms with Crippen LogP contribution in [0.3, 0.4) is 0 Å². The Morgan fingerprint density at radius 1 is 1.12 bits per heavy atom. The number of aliphatic hydroxyl groups is 1. The lowest BCUT2D eigenvalue weighted by molar-refractivity contribution is 0.0934. The average molecular weight is 352 g/mol. The molecule has 3 atom stereocenters. The van der Waals surface area contributed by atoms with Crippen molar-refractivity contribution < 1.29 is 15.0 Å². The average Bonchev–Trinajstić information content (AvgIpc) is 3.12. The summed E-state index contributed by atoms with van der Waals surface area (Å²) in [7, 11) is 0. The largest absolute Gasteiger partial charge is 0.493 e. The number of benzene rings is 1. The van der Waals surface area contributed by atoms with Gasteiger partial charge in [0.25, 0.3) is 0 Å². The van der Waals surface area contributed by atoms with Gasteiger partial charge in [-0.3, -0.25) is 9.69 Å². The highest BCUT2D eigenvalue weighted by atomic mass is 16.3. The Balaban J connectivity index is 0.000000198. The van der Waals surface area contributed by atoms with E-state index in [0.29, 0.717) is 23.9 Å². The van der Waals surface area contributed by atoms with Crippen LogP contribution in [-0.2, 0) is 6.42 Å². The number of rotatable bonds is 3. The number of nitrogens with zero attached hydrogens (tertiary/aromatic N) is 2. The molecule has 0 amide bonds. The molecule has 4 aliphatic rings. The summed E-state index contributed by atoms with van der Waals surface area (Å²) in [6.07, 6.45) is 4.23. The number of aromatic hydroxyl groups is 1. The van der Waals surface area contributed by atoms with Gasteiger partial charge in [-0.05, 0) is 48.3 Å². The number of ketones is 1. The lowest BCUT2D eigenvalue weighted by Gasteiger charge is -2.16. The molecular formula is C21H24N2O3. The summed E-state index contributed by atoms with van der Waals surface area (Å²) in [5.41, 5.74) is 3.50. The van der Waals surface area contributed by atoms with Crippen molar-refractivity contribution in [2.45, 2.75) is 25.4 Å². The summed E-state index contributed by atoms with van der Waals surface area (Å²) in [4.78, 5) is 18.0. The van der Waals surface area contributed by atoms with Crippen LogP contribution < -0.4 is 0 Å². The second kappa shape index (κ2) is 7.17. The Morgan fingerprint density at radius 3 is 2.23 bits per heavy atom. The number of hydrogen-bond acceptors (Lipinski definition) is 5. The number of carbonyl (C=O) groups is 1. The zero-order chi connectivity index (χ0) is 18.1. The zero-order valence-electron chi connectivity index (χ0n) is 14.7. The van der Waals surface area contributed by atoms with E-state index in [2.05, 4.69) is 34.1 Å². The minimum Gasteiger partial charge on any atom is -0.493 e. The van der Waals surface area contributed by atoms with Gasteiger partial charge in [-0.2, -0.15) is 0 Å². The summed E-state index contributed by atoms with van der Waals surface area (Å²) < 4.78 is 0. The summed E-state index contributed by atoms with van der Waals surface area (Å²) in [6.45, 7) is 2.20. The van der Waals surface area contributed by atoms with Gasteiger partial charge in [0, 0.05) is 30.9 Å². The fourth-order valence-electron chi connectivity index (χ4n) is 4.29. The number of Topliss-reactive ketones (excluding diaryl/α,β-unsaturated/α-hetero) is 1. The fraction of sp³-hybridized carbons (Fsp3) is 0.429. The van der Waals surface area contributed by atoms with E-state index in [1.807, 2.05) is 0 Å². The quantitative estimate of drug-likeness (QED) is 0.708. The van der Waals surface area contributed by atoms with Gasteiger partial charge in [0.05, 0.1) is 12.6 Å². The molecule has 1 saturated heterocycles.